The minimum Gasteiger partial charge on any atom is -0.352 e. The third-order valence-corrected chi connectivity index (χ3v) is 4.97. The van der Waals surface area contributed by atoms with E-state index >= 15 is 0 Å². The lowest BCUT2D eigenvalue weighted by atomic mass is 9.80. The van der Waals surface area contributed by atoms with Crippen LogP contribution in [0, 0.1) is 16.7 Å². The molecule has 0 spiro atoms. The molecule has 0 aliphatic heterocycles. The van der Waals surface area contributed by atoms with Gasteiger partial charge in [0, 0.05) is 17.3 Å². The van der Waals surface area contributed by atoms with Gasteiger partial charge in [-0.05, 0) is 31.2 Å². The molecule has 1 aliphatic rings. The second-order valence-corrected chi connectivity index (χ2v) is 6.80. The van der Waals surface area contributed by atoms with Crippen LogP contribution >= 0.6 is 11.3 Å². The minimum atomic E-state index is -0.791. The van der Waals surface area contributed by atoms with E-state index in [1.807, 2.05) is 18.4 Å². The molecule has 2 rings (SSSR count). The number of rotatable bonds is 4. The van der Waals surface area contributed by atoms with E-state index < -0.39 is 5.41 Å². The monoisotopic (exact) mass is 290 g/mol. The molecule has 3 nitrogen and oxygen atoms in total. The number of hydrogen-bond donors (Lipinski definition) is 1. The van der Waals surface area contributed by atoms with Crippen molar-refractivity contribution in [1.82, 2.24) is 5.32 Å². The molecule has 20 heavy (non-hydrogen) atoms. The Balaban J connectivity index is 1.96. The average Bonchev–Trinajstić information content (AvgIpc) is 2.80. The van der Waals surface area contributed by atoms with Crippen molar-refractivity contribution in [3.05, 3.63) is 22.4 Å². The quantitative estimate of drug-likeness (QED) is 0.860. The SMILES string of the molecule is CC(Cc1cccs1)NC(=O)C1(C#N)CCCCCC1. The van der Waals surface area contributed by atoms with E-state index in [1.165, 1.54) is 4.88 Å². The van der Waals surface area contributed by atoms with Gasteiger partial charge in [0.1, 0.15) is 5.41 Å². The van der Waals surface area contributed by atoms with Crippen molar-refractivity contribution in [2.75, 3.05) is 0 Å². The highest BCUT2D eigenvalue weighted by Crippen LogP contribution is 2.34. The molecular formula is C16H22N2OS. The number of nitriles is 1. The molecule has 0 radical (unpaired) electrons. The Labute approximate surface area is 125 Å². The molecule has 1 saturated carbocycles. The predicted molar refractivity (Wildman–Crippen MR) is 81.4 cm³/mol. The summed E-state index contributed by atoms with van der Waals surface area (Å²) in [5, 5.41) is 14.6. The minimum absolute atomic E-state index is 0.0639. The smallest absolute Gasteiger partial charge is 0.240 e. The molecule has 1 heterocycles. The van der Waals surface area contributed by atoms with Crippen molar-refractivity contribution >= 4 is 17.2 Å². The van der Waals surface area contributed by atoms with Crippen molar-refractivity contribution in [3.8, 4) is 6.07 Å². The van der Waals surface area contributed by atoms with Crippen LogP contribution in [0.2, 0.25) is 0 Å². The molecule has 1 amide bonds. The first kappa shape index (κ1) is 15.1. The topological polar surface area (TPSA) is 52.9 Å². The zero-order chi connectivity index (χ0) is 14.4. The summed E-state index contributed by atoms with van der Waals surface area (Å²) in [5.41, 5.74) is -0.791. The predicted octanol–water partition coefficient (Wildman–Crippen LogP) is 3.66. The van der Waals surface area contributed by atoms with Gasteiger partial charge in [0.05, 0.1) is 6.07 Å². The first-order valence-electron chi connectivity index (χ1n) is 7.41. The number of nitrogens with zero attached hydrogens (tertiary/aromatic N) is 1. The summed E-state index contributed by atoms with van der Waals surface area (Å²) >= 11 is 1.71. The first-order valence-corrected chi connectivity index (χ1v) is 8.29. The Morgan fingerprint density at radius 2 is 2.15 bits per heavy atom. The van der Waals surface area contributed by atoms with Crippen LogP contribution in [0.1, 0.15) is 50.3 Å². The van der Waals surface area contributed by atoms with Crippen molar-refractivity contribution in [2.45, 2.75) is 57.9 Å². The highest BCUT2D eigenvalue weighted by atomic mass is 32.1. The molecule has 0 aromatic carbocycles. The molecule has 0 bridgehead atoms. The van der Waals surface area contributed by atoms with E-state index in [9.17, 15) is 10.1 Å². The lowest BCUT2D eigenvalue weighted by molar-refractivity contribution is -0.129. The van der Waals surface area contributed by atoms with Crippen molar-refractivity contribution in [1.29, 1.82) is 5.26 Å². The van der Waals surface area contributed by atoms with Crippen LogP contribution in [0.3, 0.4) is 0 Å². The number of thiophene rings is 1. The summed E-state index contributed by atoms with van der Waals surface area (Å²) in [6.07, 6.45) is 6.51. The zero-order valence-corrected chi connectivity index (χ0v) is 12.8. The standard InChI is InChI=1S/C16H22N2OS/c1-13(11-14-7-6-10-20-14)18-15(19)16(12-17)8-4-2-3-5-9-16/h6-7,10,13H,2-5,8-9,11H2,1H3,(H,18,19). The Kier molecular flexibility index (Phi) is 5.19. The number of hydrogen-bond acceptors (Lipinski definition) is 3. The van der Waals surface area contributed by atoms with Gasteiger partial charge in [-0.1, -0.05) is 31.7 Å². The number of carbonyl (C=O) groups excluding carboxylic acids is 1. The van der Waals surface area contributed by atoms with Gasteiger partial charge in [0.25, 0.3) is 0 Å². The van der Waals surface area contributed by atoms with E-state index in [4.69, 9.17) is 0 Å². The summed E-state index contributed by atoms with van der Waals surface area (Å²) in [7, 11) is 0. The summed E-state index contributed by atoms with van der Waals surface area (Å²) in [6.45, 7) is 2.01. The van der Waals surface area contributed by atoms with E-state index in [-0.39, 0.29) is 11.9 Å². The molecule has 1 aromatic heterocycles. The van der Waals surface area contributed by atoms with Crippen LogP contribution in [-0.4, -0.2) is 11.9 Å². The van der Waals surface area contributed by atoms with Gasteiger partial charge >= 0.3 is 0 Å². The van der Waals surface area contributed by atoms with Gasteiger partial charge in [0.15, 0.2) is 0 Å². The maximum absolute atomic E-state index is 12.5. The lowest BCUT2D eigenvalue weighted by Crippen LogP contribution is -2.44. The van der Waals surface area contributed by atoms with Gasteiger partial charge in [-0.2, -0.15) is 5.26 Å². The molecular weight excluding hydrogens is 268 g/mol. The second kappa shape index (κ2) is 6.90. The fraction of sp³-hybridized carbons (Fsp3) is 0.625. The molecule has 1 N–H and O–H groups in total. The van der Waals surface area contributed by atoms with E-state index in [0.717, 1.165) is 32.1 Å². The summed E-state index contributed by atoms with van der Waals surface area (Å²) in [4.78, 5) is 13.8. The van der Waals surface area contributed by atoms with Gasteiger partial charge in [-0.25, -0.2) is 0 Å². The number of carbonyl (C=O) groups is 1. The van der Waals surface area contributed by atoms with Crippen LogP contribution in [0.4, 0.5) is 0 Å². The first-order chi connectivity index (χ1) is 9.66. The highest BCUT2D eigenvalue weighted by Gasteiger charge is 2.39. The maximum atomic E-state index is 12.5. The molecule has 1 atom stereocenters. The van der Waals surface area contributed by atoms with E-state index in [1.54, 1.807) is 11.3 Å². The van der Waals surface area contributed by atoms with Gasteiger partial charge in [-0.15, -0.1) is 11.3 Å². The van der Waals surface area contributed by atoms with Crippen LogP contribution in [0.25, 0.3) is 0 Å². The zero-order valence-electron chi connectivity index (χ0n) is 12.0. The highest BCUT2D eigenvalue weighted by molar-refractivity contribution is 7.09. The molecule has 4 heteroatoms. The molecule has 1 aliphatic carbocycles. The van der Waals surface area contributed by atoms with Crippen LogP contribution in [0.5, 0.6) is 0 Å². The molecule has 1 fully saturated rings. The largest absolute Gasteiger partial charge is 0.352 e. The summed E-state index contributed by atoms with van der Waals surface area (Å²) < 4.78 is 0. The maximum Gasteiger partial charge on any atom is 0.240 e. The van der Waals surface area contributed by atoms with Crippen LogP contribution in [0.15, 0.2) is 17.5 Å². The Morgan fingerprint density at radius 1 is 1.45 bits per heavy atom. The fourth-order valence-corrected chi connectivity index (χ4v) is 3.70. The Bertz CT molecular complexity index is 467. The van der Waals surface area contributed by atoms with Gasteiger partial charge < -0.3 is 5.32 Å². The van der Waals surface area contributed by atoms with E-state index in [2.05, 4.69) is 17.5 Å². The van der Waals surface area contributed by atoms with Gasteiger partial charge in [-0.3, -0.25) is 4.79 Å². The second-order valence-electron chi connectivity index (χ2n) is 5.77. The molecule has 0 saturated heterocycles. The average molecular weight is 290 g/mol. The summed E-state index contributed by atoms with van der Waals surface area (Å²) in [5.74, 6) is -0.0639. The third kappa shape index (κ3) is 3.61. The lowest BCUT2D eigenvalue weighted by Gasteiger charge is -2.25. The number of amides is 1. The van der Waals surface area contributed by atoms with Crippen LogP contribution in [-0.2, 0) is 11.2 Å². The molecule has 1 aromatic rings. The third-order valence-electron chi connectivity index (χ3n) is 4.07. The summed E-state index contributed by atoms with van der Waals surface area (Å²) in [6, 6.07) is 6.50. The molecule has 108 valence electrons. The number of nitrogens with one attached hydrogen (secondary N) is 1. The van der Waals surface area contributed by atoms with Crippen molar-refractivity contribution in [3.63, 3.8) is 0 Å². The van der Waals surface area contributed by atoms with Crippen LogP contribution < -0.4 is 5.32 Å². The Morgan fingerprint density at radius 3 is 2.70 bits per heavy atom. The Hall–Kier alpha value is -1.34. The van der Waals surface area contributed by atoms with E-state index in [0.29, 0.717) is 12.8 Å². The molecule has 1 unspecified atom stereocenters. The van der Waals surface area contributed by atoms with Crippen molar-refractivity contribution < 1.29 is 4.79 Å². The van der Waals surface area contributed by atoms with Crippen molar-refractivity contribution in [2.24, 2.45) is 5.41 Å². The van der Waals surface area contributed by atoms with Gasteiger partial charge in [0.2, 0.25) is 5.91 Å². The fourth-order valence-electron chi connectivity index (χ4n) is 2.87. The normalized spacial score (nSPS) is 19.6.